The fourth-order valence-electron chi connectivity index (χ4n) is 3.26. The highest BCUT2D eigenvalue weighted by Gasteiger charge is 2.35. The van der Waals surface area contributed by atoms with Crippen molar-refractivity contribution in [3.05, 3.63) is 54.1 Å². The van der Waals surface area contributed by atoms with Crippen molar-refractivity contribution < 1.29 is 17.9 Å². The van der Waals surface area contributed by atoms with Crippen LogP contribution < -0.4 is 14.4 Å². The summed E-state index contributed by atoms with van der Waals surface area (Å²) in [4.78, 5) is 15.2. The van der Waals surface area contributed by atoms with Crippen LogP contribution in [-0.2, 0) is 10.0 Å². The van der Waals surface area contributed by atoms with E-state index in [9.17, 15) is 13.2 Å². The maximum atomic E-state index is 13.3. The zero-order valence-electron chi connectivity index (χ0n) is 16.4. The van der Waals surface area contributed by atoms with Crippen molar-refractivity contribution in [3.8, 4) is 5.75 Å². The monoisotopic (exact) mass is 402 g/mol. The number of hydrogen-bond donors (Lipinski definition) is 1. The summed E-state index contributed by atoms with van der Waals surface area (Å²) in [6.45, 7) is 4.10. The number of sulfonamides is 1. The number of carbonyl (C=O) groups is 1. The molecule has 0 heterocycles. The van der Waals surface area contributed by atoms with Gasteiger partial charge in [0.1, 0.15) is 5.75 Å². The van der Waals surface area contributed by atoms with Crippen LogP contribution in [0.25, 0.3) is 0 Å². The number of benzene rings is 2. The van der Waals surface area contributed by atoms with Crippen LogP contribution in [0.3, 0.4) is 0 Å². The summed E-state index contributed by atoms with van der Waals surface area (Å²) in [5, 5.41) is 0. The summed E-state index contributed by atoms with van der Waals surface area (Å²) in [6, 6.07) is 13.6. The zero-order chi connectivity index (χ0) is 20.3. The summed E-state index contributed by atoms with van der Waals surface area (Å²) in [6.07, 6.45) is 2.22. The average molecular weight is 403 g/mol. The Morgan fingerprint density at radius 2 is 1.75 bits per heavy atom. The predicted octanol–water partition coefficient (Wildman–Crippen LogP) is 3.44. The fraction of sp³-hybridized carbons (Fsp3) is 0.381. The Hall–Kier alpha value is -2.38. The molecule has 0 bridgehead atoms. The van der Waals surface area contributed by atoms with Crippen LogP contribution in [0.1, 0.15) is 37.0 Å². The molecule has 1 amide bonds. The third kappa shape index (κ3) is 4.36. The molecule has 6 nitrogen and oxygen atoms in total. The Bertz CT molecular complexity index is 920. The molecule has 1 unspecified atom stereocenters. The molecule has 2 aromatic rings. The van der Waals surface area contributed by atoms with Gasteiger partial charge in [-0.1, -0.05) is 6.92 Å². The van der Waals surface area contributed by atoms with Gasteiger partial charge in [0.15, 0.2) is 0 Å². The third-order valence-corrected chi connectivity index (χ3v) is 6.59. The Balaban J connectivity index is 1.90. The van der Waals surface area contributed by atoms with E-state index in [0.717, 1.165) is 24.3 Å². The van der Waals surface area contributed by atoms with E-state index < -0.39 is 10.0 Å². The lowest BCUT2D eigenvalue weighted by Crippen LogP contribution is -2.40. The van der Waals surface area contributed by atoms with E-state index in [0.29, 0.717) is 18.0 Å². The van der Waals surface area contributed by atoms with Crippen LogP contribution >= 0.6 is 0 Å². The van der Waals surface area contributed by atoms with Crippen molar-refractivity contribution in [1.29, 1.82) is 0 Å². The Labute approximate surface area is 166 Å². The molecule has 0 radical (unpaired) electrons. The number of amides is 1. The number of rotatable bonds is 8. The SMILES string of the molecule is CCNS(=O)(=O)c1ccc(C(=O)N(c2ccc(OC)cc2)C(C)C2CC2)cc1. The van der Waals surface area contributed by atoms with E-state index >= 15 is 0 Å². The highest BCUT2D eigenvalue weighted by atomic mass is 32.2. The summed E-state index contributed by atoms with van der Waals surface area (Å²) < 4.78 is 31.9. The largest absolute Gasteiger partial charge is 0.497 e. The van der Waals surface area contributed by atoms with Gasteiger partial charge in [-0.15, -0.1) is 0 Å². The molecule has 7 heteroatoms. The van der Waals surface area contributed by atoms with Crippen LogP contribution in [0.5, 0.6) is 5.75 Å². The van der Waals surface area contributed by atoms with E-state index in [2.05, 4.69) is 11.6 Å². The molecule has 28 heavy (non-hydrogen) atoms. The molecule has 1 N–H and O–H groups in total. The minimum Gasteiger partial charge on any atom is -0.497 e. The Morgan fingerprint density at radius 3 is 2.25 bits per heavy atom. The van der Waals surface area contributed by atoms with Crippen LogP contribution in [0.4, 0.5) is 5.69 Å². The van der Waals surface area contributed by atoms with Crippen LogP contribution in [-0.4, -0.2) is 34.0 Å². The van der Waals surface area contributed by atoms with Gasteiger partial charge in [0.2, 0.25) is 10.0 Å². The number of carbonyl (C=O) groups excluding carboxylic acids is 1. The molecular formula is C21H26N2O4S. The van der Waals surface area contributed by atoms with E-state index in [1.807, 2.05) is 24.3 Å². The second kappa shape index (κ2) is 8.32. The number of nitrogens with zero attached hydrogens (tertiary/aromatic N) is 1. The van der Waals surface area contributed by atoms with Gasteiger partial charge >= 0.3 is 0 Å². The fourth-order valence-corrected chi connectivity index (χ4v) is 4.30. The summed E-state index contributed by atoms with van der Waals surface area (Å²) in [7, 11) is -1.94. The molecule has 150 valence electrons. The van der Waals surface area contributed by atoms with Crippen molar-refractivity contribution in [2.75, 3.05) is 18.6 Å². The molecule has 0 aliphatic heterocycles. The number of hydrogen-bond acceptors (Lipinski definition) is 4. The molecule has 0 spiro atoms. The van der Waals surface area contributed by atoms with Gasteiger partial charge in [-0.25, -0.2) is 13.1 Å². The van der Waals surface area contributed by atoms with Crippen LogP contribution in [0, 0.1) is 5.92 Å². The maximum absolute atomic E-state index is 13.3. The first kappa shape index (κ1) is 20.4. The minimum absolute atomic E-state index is 0.0612. The van der Waals surface area contributed by atoms with Crippen LogP contribution in [0.2, 0.25) is 0 Å². The molecule has 1 saturated carbocycles. The third-order valence-electron chi connectivity index (χ3n) is 5.03. The van der Waals surface area contributed by atoms with Gasteiger partial charge < -0.3 is 9.64 Å². The van der Waals surface area contributed by atoms with Gasteiger partial charge in [-0.3, -0.25) is 4.79 Å². The Kier molecular flexibility index (Phi) is 6.05. The first-order valence-electron chi connectivity index (χ1n) is 9.44. The van der Waals surface area contributed by atoms with Gasteiger partial charge in [0, 0.05) is 23.8 Å². The second-order valence-electron chi connectivity index (χ2n) is 6.98. The van der Waals surface area contributed by atoms with E-state index in [1.54, 1.807) is 31.1 Å². The molecule has 1 fully saturated rings. The first-order chi connectivity index (χ1) is 13.4. The molecule has 2 aromatic carbocycles. The van der Waals surface area contributed by atoms with E-state index in [-0.39, 0.29) is 16.8 Å². The summed E-state index contributed by atoms with van der Waals surface area (Å²) in [5.41, 5.74) is 1.26. The number of methoxy groups -OCH3 is 1. The average Bonchev–Trinajstić information content (AvgIpc) is 3.54. The summed E-state index contributed by atoms with van der Waals surface area (Å²) >= 11 is 0. The van der Waals surface area contributed by atoms with E-state index in [1.165, 1.54) is 12.1 Å². The lowest BCUT2D eigenvalue weighted by atomic mass is 10.1. The minimum atomic E-state index is -3.54. The van der Waals surface area contributed by atoms with Crippen molar-refractivity contribution in [1.82, 2.24) is 4.72 Å². The normalized spacial score (nSPS) is 15.1. The number of ether oxygens (including phenoxy) is 1. The molecule has 1 atom stereocenters. The van der Waals surface area contributed by atoms with Crippen LogP contribution in [0.15, 0.2) is 53.4 Å². The molecule has 0 aromatic heterocycles. The molecular weight excluding hydrogens is 376 g/mol. The van der Waals surface area contributed by atoms with Crippen molar-refractivity contribution in [2.45, 2.75) is 37.6 Å². The lowest BCUT2D eigenvalue weighted by Gasteiger charge is -2.30. The quantitative estimate of drug-likeness (QED) is 0.734. The topological polar surface area (TPSA) is 75.7 Å². The second-order valence-corrected chi connectivity index (χ2v) is 8.74. The number of anilines is 1. The van der Waals surface area contributed by atoms with Gasteiger partial charge in [0.05, 0.1) is 12.0 Å². The maximum Gasteiger partial charge on any atom is 0.258 e. The van der Waals surface area contributed by atoms with Gasteiger partial charge in [-0.2, -0.15) is 0 Å². The number of nitrogens with one attached hydrogen (secondary N) is 1. The zero-order valence-corrected chi connectivity index (χ0v) is 17.2. The first-order valence-corrected chi connectivity index (χ1v) is 10.9. The molecule has 3 rings (SSSR count). The van der Waals surface area contributed by atoms with Crippen molar-refractivity contribution in [3.63, 3.8) is 0 Å². The molecule has 1 aliphatic rings. The van der Waals surface area contributed by atoms with E-state index in [4.69, 9.17) is 4.74 Å². The van der Waals surface area contributed by atoms with Crippen molar-refractivity contribution >= 4 is 21.6 Å². The molecule has 0 saturated heterocycles. The molecule has 1 aliphatic carbocycles. The Morgan fingerprint density at radius 1 is 1.14 bits per heavy atom. The highest BCUT2D eigenvalue weighted by Crippen LogP contribution is 2.38. The van der Waals surface area contributed by atoms with Crippen molar-refractivity contribution in [2.24, 2.45) is 5.92 Å². The van der Waals surface area contributed by atoms with Gasteiger partial charge in [-0.05, 0) is 74.2 Å². The lowest BCUT2D eigenvalue weighted by molar-refractivity contribution is 0.0975. The highest BCUT2D eigenvalue weighted by molar-refractivity contribution is 7.89. The summed E-state index contributed by atoms with van der Waals surface area (Å²) in [5.74, 6) is 1.07. The smallest absolute Gasteiger partial charge is 0.258 e. The predicted molar refractivity (Wildman–Crippen MR) is 109 cm³/mol. The van der Waals surface area contributed by atoms with Gasteiger partial charge in [0.25, 0.3) is 5.91 Å². The standard InChI is InChI=1S/C21H26N2O4S/c1-4-22-28(25,26)20-13-7-17(8-14-20)21(24)23(15(2)16-5-6-16)18-9-11-19(27-3)12-10-18/h7-16,22H,4-6H2,1-3H3.